The molecule has 1 saturated heterocycles. The van der Waals surface area contributed by atoms with E-state index in [4.69, 9.17) is 14.2 Å². The number of rotatable bonds is 9. The van der Waals surface area contributed by atoms with Gasteiger partial charge in [-0.15, -0.1) is 0 Å². The van der Waals surface area contributed by atoms with E-state index in [1.807, 2.05) is 18.2 Å². The van der Waals surface area contributed by atoms with E-state index >= 15 is 0 Å². The van der Waals surface area contributed by atoms with Crippen LogP contribution in [0.5, 0.6) is 11.5 Å². The Balaban J connectivity index is 1.47. The lowest BCUT2D eigenvalue weighted by molar-refractivity contribution is -0.137. The number of hydrogen-bond donors (Lipinski definition) is 1. The van der Waals surface area contributed by atoms with Crippen molar-refractivity contribution in [3.05, 3.63) is 59.2 Å². The molecule has 0 unspecified atom stereocenters. The molecule has 2 aromatic carbocycles. The Morgan fingerprint density at radius 2 is 1.93 bits per heavy atom. The molecule has 1 amide bonds. The number of carbonyl (C=O) groups is 1. The number of benzene rings is 2. The minimum absolute atomic E-state index is 0.00441. The van der Waals surface area contributed by atoms with Crippen LogP contribution in [0.1, 0.15) is 16.7 Å². The van der Waals surface area contributed by atoms with Crippen molar-refractivity contribution in [2.24, 2.45) is 0 Å². The third-order valence-electron chi connectivity index (χ3n) is 4.95. The van der Waals surface area contributed by atoms with E-state index in [-0.39, 0.29) is 12.5 Å². The number of carbonyl (C=O) groups excluding carboxylic acids is 1. The summed E-state index contributed by atoms with van der Waals surface area (Å²) in [5, 5.41) is 3.46. The Bertz CT molecular complexity index is 803. The summed E-state index contributed by atoms with van der Waals surface area (Å²) in [6.07, 6.45) is 0.990. The lowest BCUT2D eigenvalue weighted by Crippen LogP contribution is -2.43. The molecule has 0 radical (unpaired) electrons. The van der Waals surface area contributed by atoms with Crippen LogP contribution in [0.25, 0.3) is 0 Å². The molecule has 1 aliphatic heterocycles. The van der Waals surface area contributed by atoms with Gasteiger partial charge in [-0.2, -0.15) is 0 Å². The molecule has 1 aliphatic rings. The van der Waals surface area contributed by atoms with Crippen molar-refractivity contribution in [2.75, 3.05) is 46.6 Å². The second-order valence-electron chi connectivity index (χ2n) is 7.18. The van der Waals surface area contributed by atoms with Gasteiger partial charge in [0.05, 0.1) is 20.3 Å². The summed E-state index contributed by atoms with van der Waals surface area (Å²) >= 11 is 0. The van der Waals surface area contributed by atoms with Crippen LogP contribution in [-0.4, -0.2) is 57.4 Å². The molecular formula is C23H30N2O4. The topological polar surface area (TPSA) is 60.0 Å². The molecule has 29 heavy (non-hydrogen) atoms. The molecule has 0 atom stereocenters. The smallest absolute Gasteiger partial charge is 0.260 e. The quantitative estimate of drug-likeness (QED) is 0.658. The van der Waals surface area contributed by atoms with E-state index in [9.17, 15) is 4.79 Å². The first-order valence-corrected chi connectivity index (χ1v) is 10.1. The van der Waals surface area contributed by atoms with Gasteiger partial charge in [0.15, 0.2) is 18.1 Å². The summed E-state index contributed by atoms with van der Waals surface area (Å²) in [4.78, 5) is 14.0. The van der Waals surface area contributed by atoms with E-state index in [1.54, 1.807) is 12.0 Å². The predicted octanol–water partition coefficient (Wildman–Crippen LogP) is 2.57. The minimum atomic E-state index is -0.0303. The van der Waals surface area contributed by atoms with Crippen molar-refractivity contribution < 1.29 is 19.0 Å². The molecule has 0 spiro atoms. The summed E-state index contributed by atoms with van der Waals surface area (Å²) < 4.78 is 16.4. The van der Waals surface area contributed by atoms with Crippen molar-refractivity contribution in [1.82, 2.24) is 10.2 Å². The van der Waals surface area contributed by atoms with E-state index in [2.05, 4.69) is 36.5 Å². The zero-order valence-corrected chi connectivity index (χ0v) is 17.3. The van der Waals surface area contributed by atoms with Gasteiger partial charge in [0.25, 0.3) is 5.91 Å². The van der Waals surface area contributed by atoms with E-state index in [1.165, 1.54) is 11.1 Å². The number of methoxy groups -OCH3 is 1. The van der Waals surface area contributed by atoms with Gasteiger partial charge in [0.2, 0.25) is 0 Å². The fourth-order valence-electron chi connectivity index (χ4n) is 3.32. The summed E-state index contributed by atoms with van der Waals surface area (Å²) in [6, 6.07) is 14.4. The van der Waals surface area contributed by atoms with Gasteiger partial charge in [-0.1, -0.05) is 35.9 Å². The van der Waals surface area contributed by atoms with Gasteiger partial charge in [0.1, 0.15) is 0 Å². The van der Waals surface area contributed by atoms with Crippen LogP contribution >= 0.6 is 0 Å². The zero-order chi connectivity index (χ0) is 20.5. The van der Waals surface area contributed by atoms with Crippen LogP contribution in [0.15, 0.2) is 42.5 Å². The van der Waals surface area contributed by atoms with Crippen LogP contribution < -0.4 is 14.8 Å². The monoisotopic (exact) mass is 398 g/mol. The number of morpholine rings is 1. The average molecular weight is 399 g/mol. The number of aryl methyl sites for hydroxylation is 1. The Morgan fingerprint density at radius 3 is 2.69 bits per heavy atom. The largest absolute Gasteiger partial charge is 0.493 e. The first-order valence-electron chi connectivity index (χ1n) is 10.1. The first-order chi connectivity index (χ1) is 14.2. The zero-order valence-electron chi connectivity index (χ0n) is 17.3. The van der Waals surface area contributed by atoms with Crippen LogP contribution in [-0.2, 0) is 22.5 Å². The van der Waals surface area contributed by atoms with Gasteiger partial charge in [-0.3, -0.25) is 4.79 Å². The maximum Gasteiger partial charge on any atom is 0.260 e. The lowest BCUT2D eigenvalue weighted by Gasteiger charge is -2.26. The van der Waals surface area contributed by atoms with Gasteiger partial charge < -0.3 is 24.4 Å². The number of ether oxygens (including phenoxy) is 3. The van der Waals surface area contributed by atoms with E-state index < -0.39 is 0 Å². The predicted molar refractivity (Wildman–Crippen MR) is 112 cm³/mol. The number of amides is 1. The highest BCUT2D eigenvalue weighted by Crippen LogP contribution is 2.28. The second kappa shape index (κ2) is 10.8. The van der Waals surface area contributed by atoms with E-state index in [0.29, 0.717) is 37.8 Å². The van der Waals surface area contributed by atoms with Crippen LogP contribution in [0.4, 0.5) is 0 Å². The van der Waals surface area contributed by atoms with E-state index in [0.717, 1.165) is 25.1 Å². The Hall–Kier alpha value is -2.57. The van der Waals surface area contributed by atoms with Crippen LogP contribution in [0, 0.1) is 6.92 Å². The highest BCUT2D eigenvalue weighted by Gasteiger charge is 2.18. The molecule has 0 aromatic heterocycles. The van der Waals surface area contributed by atoms with Crippen LogP contribution in [0.2, 0.25) is 0 Å². The molecule has 156 valence electrons. The third kappa shape index (κ3) is 6.48. The normalized spacial score (nSPS) is 13.9. The summed E-state index contributed by atoms with van der Waals surface area (Å²) in [6.45, 7) is 6.17. The first kappa shape index (κ1) is 21.1. The van der Waals surface area contributed by atoms with Crippen molar-refractivity contribution in [2.45, 2.75) is 19.9 Å². The molecular weight excluding hydrogens is 368 g/mol. The number of hydrogen-bond acceptors (Lipinski definition) is 5. The van der Waals surface area contributed by atoms with Crippen molar-refractivity contribution in [3.8, 4) is 11.5 Å². The average Bonchev–Trinajstić information content (AvgIpc) is 2.76. The molecule has 0 aliphatic carbocycles. The Kier molecular flexibility index (Phi) is 7.90. The summed E-state index contributed by atoms with van der Waals surface area (Å²) in [7, 11) is 1.61. The summed E-state index contributed by atoms with van der Waals surface area (Å²) in [5.41, 5.74) is 3.73. The second-order valence-corrected chi connectivity index (χ2v) is 7.18. The van der Waals surface area contributed by atoms with Crippen molar-refractivity contribution >= 4 is 5.91 Å². The van der Waals surface area contributed by atoms with Crippen molar-refractivity contribution in [3.63, 3.8) is 0 Å². The molecule has 2 aromatic rings. The molecule has 6 heteroatoms. The molecule has 3 rings (SSSR count). The number of nitrogens with zero attached hydrogens (tertiary/aromatic N) is 1. The van der Waals surface area contributed by atoms with Gasteiger partial charge in [-0.25, -0.2) is 0 Å². The SMILES string of the molecule is COc1cc(CNCCc2cccc(C)c2)ccc1OCC(=O)N1CCOCC1. The van der Waals surface area contributed by atoms with Gasteiger partial charge in [-0.05, 0) is 43.1 Å². The third-order valence-corrected chi connectivity index (χ3v) is 4.95. The van der Waals surface area contributed by atoms with Crippen molar-refractivity contribution in [1.29, 1.82) is 0 Å². The minimum Gasteiger partial charge on any atom is -0.493 e. The highest BCUT2D eigenvalue weighted by molar-refractivity contribution is 5.78. The Morgan fingerprint density at radius 1 is 1.10 bits per heavy atom. The molecule has 1 N–H and O–H groups in total. The Labute approximate surface area is 172 Å². The van der Waals surface area contributed by atoms with Gasteiger partial charge in [0, 0.05) is 19.6 Å². The number of nitrogens with one attached hydrogen (secondary N) is 1. The maximum atomic E-state index is 12.2. The molecule has 1 heterocycles. The molecule has 6 nitrogen and oxygen atoms in total. The maximum absolute atomic E-state index is 12.2. The lowest BCUT2D eigenvalue weighted by atomic mass is 10.1. The highest BCUT2D eigenvalue weighted by atomic mass is 16.5. The fraction of sp³-hybridized carbons (Fsp3) is 0.435. The molecule has 0 saturated carbocycles. The summed E-state index contributed by atoms with van der Waals surface area (Å²) in [5.74, 6) is 1.19. The molecule has 0 bridgehead atoms. The van der Waals surface area contributed by atoms with Gasteiger partial charge >= 0.3 is 0 Å². The standard InChI is InChI=1S/C23H30N2O4/c1-18-4-3-5-19(14-18)8-9-24-16-20-6-7-21(22(15-20)27-2)29-17-23(26)25-10-12-28-13-11-25/h3-7,14-15,24H,8-13,16-17H2,1-2H3. The van der Waals surface area contributed by atoms with Crippen LogP contribution in [0.3, 0.4) is 0 Å². The molecule has 1 fully saturated rings. The fourth-order valence-corrected chi connectivity index (χ4v) is 3.32.